The highest BCUT2D eigenvalue weighted by Crippen LogP contribution is 2.50. The van der Waals surface area contributed by atoms with Crippen LogP contribution in [0.25, 0.3) is 0 Å². The van der Waals surface area contributed by atoms with Gasteiger partial charge in [-0.25, -0.2) is 0 Å². The summed E-state index contributed by atoms with van der Waals surface area (Å²) >= 11 is 0. The van der Waals surface area contributed by atoms with Gasteiger partial charge in [0.2, 0.25) is 0 Å². The van der Waals surface area contributed by atoms with Crippen LogP contribution in [0.4, 0.5) is 0 Å². The summed E-state index contributed by atoms with van der Waals surface area (Å²) in [7, 11) is 1.74. The maximum absolute atomic E-state index is 13.0. The smallest absolute Gasteiger partial charge is 0.253 e. The Hall–Kier alpha value is -2.63. The Kier molecular flexibility index (Phi) is 6.15. The summed E-state index contributed by atoms with van der Waals surface area (Å²) in [4.78, 5) is 20.5. The van der Waals surface area contributed by atoms with Crippen molar-refractivity contribution >= 4 is 5.91 Å². The largest absolute Gasteiger partial charge is 0.497 e. The first-order chi connectivity index (χ1) is 17.2. The third-order valence-electron chi connectivity index (χ3n) is 8.94. The van der Waals surface area contributed by atoms with Gasteiger partial charge in [0.25, 0.3) is 5.91 Å². The minimum Gasteiger partial charge on any atom is -0.497 e. The van der Waals surface area contributed by atoms with Gasteiger partial charge in [-0.1, -0.05) is 30.3 Å². The van der Waals surface area contributed by atoms with Gasteiger partial charge >= 0.3 is 0 Å². The number of amides is 1. The van der Waals surface area contributed by atoms with Crippen LogP contribution in [0.1, 0.15) is 66.1 Å². The highest BCUT2D eigenvalue weighted by atomic mass is 16.5. The molecule has 184 valence electrons. The molecule has 4 aliphatic rings. The van der Waals surface area contributed by atoms with Gasteiger partial charge in [-0.3, -0.25) is 14.6 Å². The number of likely N-dealkylation sites (tertiary alicyclic amines) is 1. The first kappa shape index (κ1) is 22.8. The summed E-state index contributed by atoms with van der Waals surface area (Å²) in [6.07, 6.45) is 9.39. The van der Waals surface area contributed by atoms with Crippen LogP contribution in [-0.2, 0) is 0 Å². The van der Waals surface area contributed by atoms with Crippen molar-refractivity contribution in [2.24, 2.45) is 0 Å². The predicted molar refractivity (Wildman–Crippen MR) is 139 cm³/mol. The molecule has 5 atom stereocenters. The van der Waals surface area contributed by atoms with Crippen molar-refractivity contribution in [3.8, 4) is 5.75 Å². The average molecular weight is 472 g/mol. The average Bonchev–Trinajstić information content (AvgIpc) is 3.61. The lowest BCUT2D eigenvalue weighted by Crippen LogP contribution is -2.60. The third-order valence-corrected chi connectivity index (χ3v) is 8.94. The monoisotopic (exact) mass is 471 g/mol. The zero-order valence-electron chi connectivity index (χ0n) is 20.8. The van der Waals surface area contributed by atoms with Crippen LogP contribution < -0.4 is 4.74 Å². The fourth-order valence-electron chi connectivity index (χ4n) is 7.48. The van der Waals surface area contributed by atoms with Crippen molar-refractivity contribution in [1.82, 2.24) is 14.7 Å². The molecular weight excluding hydrogens is 434 g/mol. The molecule has 0 spiro atoms. The Balaban J connectivity index is 1.37. The summed E-state index contributed by atoms with van der Waals surface area (Å²) in [5.41, 5.74) is 3.35. The molecule has 0 aromatic heterocycles. The molecule has 1 amide bonds. The van der Waals surface area contributed by atoms with Gasteiger partial charge in [-0.05, 0) is 73.9 Å². The number of nitrogens with zero attached hydrogens (tertiary/aromatic N) is 3. The molecule has 0 saturated carbocycles. The van der Waals surface area contributed by atoms with E-state index in [2.05, 4.69) is 52.8 Å². The minimum absolute atomic E-state index is 0.160. The second-order valence-corrected chi connectivity index (χ2v) is 10.7. The number of hydrogen-bond donors (Lipinski definition) is 0. The number of methoxy groups -OCH3 is 1. The van der Waals surface area contributed by atoms with Crippen LogP contribution in [0.15, 0.2) is 61.2 Å². The van der Waals surface area contributed by atoms with Gasteiger partial charge in [-0.2, -0.15) is 0 Å². The zero-order chi connectivity index (χ0) is 23.9. The molecule has 0 radical (unpaired) electrons. The van der Waals surface area contributed by atoms with Crippen LogP contribution in [0.5, 0.6) is 5.75 Å². The van der Waals surface area contributed by atoms with E-state index in [9.17, 15) is 4.79 Å². The number of hydrogen-bond acceptors (Lipinski definition) is 4. The summed E-state index contributed by atoms with van der Waals surface area (Å²) in [5, 5.41) is 0. The molecule has 4 aliphatic heterocycles. The number of benzene rings is 2. The van der Waals surface area contributed by atoms with E-state index in [-0.39, 0.29) is 11.9 Å². The maximum Gasteiger partial charge on any atom is 0.253 e. The summed E-state index contributed by atoms with van der Waals surface area (Å²) in [6, 6.07) is 19.5. The predicted octanol–water partition coefficient (Wildman–Crippen LogP) is 4.89. The quantitative estimate of drug-likeness (QED) is 0.539. The van der Waals surface area contributed by atoms with Gasteiger partial charge in [0.1, 0.15) is 5.75 Å². The van der Waals surface area contributed by atoms with E-state index in [4.69, 9.17) is 4.74 Å². The maximum atomic E-state index is 13.0. The summed E-state index contributed by atoms with van der Waals surface area (Å²) in [6.45, 7) is 6.80. The molecule has 4 unspecified atom stereocenters. The third kappa shape index (κ3) is 3.89. The van der Waals surface area contributed by atoms with Crippen LogP contribution in [0.3, 0.4) is 0 Å². The lowest BCUT2D eigenvalue weighted by atomic mass is 9.91. The Morgan fingerprint density at radius 2 is 1.63 bits per heavy atom. The number of ether oxygens (including phenoxy) is 1. The van der Waals surface area contributed by atoms with Crippen LogP contribution in [0, 0.1) is 0 Å². The SMILES string of the molecule is C=CCN1C2CCC1[C@H]1CCC2N1C(c1ccc(C(=O)N2CCCC2)cc1)c1cccc(OC)c1. The molecule has 4 saturated heterocycles. The minimum atomic E-state index is 0.160. The number of carbonyl (C=O) groups is 1. The second-order valence-electron chi connectivity index (χ2n) is 10.7. The lowest BCUT2D eigenvalue weighted by molar-refractivity contribution is -0.00329. The fourth-order valence-corrected chi connectivity index (χ4v) is 7.48. The first-order valence-electron chi connectivity index (χ1n) is 13.4. The number of piperazine rings is 1. The van der Waals surface area contributed by atoms with Crippen molar-refractivity contribution in [2.75, 3.05) is 26.7 Å². The molecule has 5 nitrogen and oxygen atoms in total. The van der Waals surface area contributed by atoms with Gasteiger partial charge in [-0.15, -0.1) is 6.58 Å². The Bertz CT molecular complexity index is 1060. The Labute approximate surface area is 209 Å². The van der Waals surface area contributed by atoms with Gasteiger partial charge in [0.05, 0.1) is 13.2 Å². The van der Waals surface area contributed by atoms with E-state index < -0.39 is 0 Å². The van der Waals surface area contributed by atoms with Crippen LogP contribution in [-0.4, -0.2) is 71.5 Å². The molecule has 4 heterocycles. The molecule has 35 heavy (non-hydrogen) atoms. The molecule has 5 heteroatoms. The van der Waals surface area contributed by atoms with Crippen LogP contribution >= 0.6 is 0 Å². The van der Waals surface area contributed by atoms with Crippen molar-refractivity contribution < 1.29 is 9.53 Å². The second kappa shape index (κ2) is 9.44. The lowest BCUT2D eigenvalue weighted by Gasteiger charge is -2.50. The first-order valence-corrected chi connectivity index (χ1v) is 13.4. The van der Waals surface area contributed by atoms with Crippen molar-refractivity contribution in [2.45, 2.75) is 68.7 Å². The molecule has 2 aromatic carbocycles. The normalized spacial score (nSPS) is 28.9. The molecule has 4 bridgehead atoms. The van der Waals surface area contributed by atoms with E-state index in [0.717, 1.165) is 43.8 Å². The van der Waals surface area contributed by atoms with E-state index in [1.165, 1.54) is 36.8 Å². The molecule has 6 rings (SSSR count). The fraction of sp³-hybridized carbons (Fsp3) is 0.500. The van der Waals surface area contributed by atoms with Gasteiger partial charge in [0.15, 0.2) is 0 Å². The van der Waals surface area contributed by atoms with Gasteiger partial charge < -0.3 is 9.64 Å². The summed E-state index contributed by atoms with van der Waals surface area (Å²) < 4.78 is 5.62. The van der Waals surface area contributed by atoms with E-state index >= 15 is 0 Å². The molecule has 4 fully saturated rings. The Morgan fingerprint density at radius 3 is 2.26 bits per heavy atom. The topological polar surface area (TPSA) is 36.0 Å². The molecule has 0 aliphatic carbocycles. The number of carbonyl (C=O) groups excluding carboxylic acids is 1. The number of rotatable bonds is 7. The Morgan fingerprint density at radius 1 is 0.971 bits per heavy atom. The van der Waals surface area contributed by atoms with E-state index in [1.54, 1.807) is 7.11 Å². The molecular formula is C30H37N3O2. The van der Waals surface area contributed by atoms with Crippen molar-refractivity contribution in [3.63, 3.8) is 0 Å². The van der Waals surface area contributed by atoms with Crippen molar-refractivity contribution in [1.29, 1.82) is 0 Å². The van der Waals surface area contributed by atoms with Crippen molar-refractivity contribution in [3.05, 3.63) is 77.9 Å². The standard InChI is InChI=1S/C30H37N3O2/c1-3-17-32-25-13-14-26(32)28-16-15-27(25)33(28)29(23-7-6-8-24(20-23)35-2)21-9-11-22(12-10-21)30(34)31-18-4-5-19-31/h3,6-12,20,25-29H,1,4-5,13-19H2,2H3/t25?,26?,27-,28?,29?/m1/s1. The van der Waals surface area contributed by atoms with E-state index in [0.29, 0.717) is 24.2 Å². The highest BCUT2D eigenvalue weighted by Gasteiger charge is 2.56. The summed E-state index contributed by atoms with van der Waals surface area (Å²) in [5.74, 6) is 1.07. The van der Waals surface area contributed by atoms with E-state index in [1.807, 2.05) is 23.1 Å². The number of fused-ring (bicyclic) bond motifs is 6. The zero-order valence-corrected chi connectivity index (χ0v) is 20.8. The van der Waals surface area contributed by atoms with Crippen LogP contribution in [0.2, 0.25) is 0 Å². The molecule has 0 N–H and O–H groups in total. The molecule has 2 aromatic rings. The highest BCUT2D eigenvalue weighted by molar-refractivity contribution is 5.94. The van der Waals surface area contributed by atoms with Gasteiger partial charge in [0, 0.05) is 49.4 Å².